The average Bonchev–Trinajstić information content (AvgIpc) is 3.44. The van der Waals surface area contributed by atoms with Crippen molar-refractivity contribution in [2.24, 2.45) is 0 Å². The van der Waals surface area contributed by atoms with Crippen molar-refractivity contribution in [1.82, 2.24) is 24.6 Å². The summed E-state index contributed by atoms with van der Waals surface area (Å²) < 4.78 is 53.7. The minimum Gasteiger partial charge on any atom is -0.462 e. The van der Waals surface area contributed by atoms with E-state index in [2.05, 4.69) is 20.0 Å². The fraction of sp³-hybridized carbons (Fsp3) is 0.556. The Bertz CT molecular complexity index is 1460. The fourth-order valence-corrected chi connectivity index (χ4v) is 6.16. The van der Waals surface area contributed by atoms with Crippen LogP contribution in [0.4, 0.5) is 16.2 Å². The molecule has 3 heterocycles. The molecule has 16 heteroatoms. The van der Waals surface area contributed by atoms with Crippen molar-refractivity contribution in [3.63, 3.8) is 0 Å². The summed E-state index contributed by atoms with van der Waals surface area (Å²) in [4.78, 5) is 27.2. The molecule has 2 aromatic heterocycles. The molecule has 236 valence electrons. The summed E-state index contributed by atoms with van der Waals surface area (Å²) in [5.74, 6) is -0.0604. The van der Waals surface area contributed by atoms with Crippen LogP contribution in [0.1, 0.15) is 47.3 Å². The number of hydrogen-bond acceptors (Lipinski definition) is 12. The second kappa shape index (κ2) is 13.1. The Morgan fingerprint density at radius 3 is 2.65 bits per heavy atom. The number of halogens is 1. The molecule has 1 saturated heterocycles. The van der Waals surface area contributed by atoms with Crippen molar-refractivity contribution in [2.45, 2.75) is 77.3 Å². The van der Waals surface area contributed by atoms with Gasteiger partial charge in [-0.3, -0.25) is 13.9 Å². The van der Waals surface area contributed by atoms with E-state index in [9.17, 15) is 14.5 Å². The zero-order chi connectivity index (χ0) is 31.5. The molecule has 0 spiro atoms. The van der Waals surface area contributed by atoms with Crippen LogP contribution in [0, 0.1) is 0 Å². The van der Waals surface area contributed by atoms with Gasteiger partial charge in [0.1, 0.15) is 24.0 Å². The summed E-state index contributed by atoms with van der Waals surface area (Å²) in [6, 6.07) is 7.07. The number of esters is 1. The molecule has 14 nitrogen and oxygen atoms in total. The van der Waals surface area contributed by atoms with Crippen LogP contribution in [0.2, 0.25) is 0 Å². The molecular formula is C27H39FN7O7P. The molecule has 4 rings (SSSR count). The third-order valence-electron chi connectivity index (χ3n) is 6.75. The zero-order valence-electron chi connectivity index (χ0n) is 25.0. The number of benzene rings is 1. The van der Waals surface area contributed by atoms with Crippen molar-refractivity contribution in [1.29, 1.82) is 0 Å². The number of carbonyl (C=O) groups is 1. The topological polar surface area (TPSA) is 176 Å². The highest BCUT2D eigenvalue weighted by Crippen LogP contribution is 2.48. The highest BCUT2D eigenvalue weighted by atomic mass is 31.2. The Balaban J connectivity index is 1.58. The van der Waals surface area contributed by atoms with E-state index < -0.39 is 56.6 Å². The van der Waals surface area contributed by atoms with Crippen molar-refractivity contribution >= 4 is 36.6 Å². The second-order valence-electron chi connectivity index (χ2n) is 10.8. The molecule has 0 saturated carbocycles. The van der Waals surface area contributed by atoms with Gasteiger partial charge < -0.3 is 29.7 Å². The monoisotopic (exact) mass is 623 g/mol. The first-order valence-electron chi connectivity index (χ1n) is 14.0. The van der Waals surface area contributed by atoms with Crippen LogP contribution in [-0.2, 0) is 23.4 Å². The van der Waals surface area contributed by atoms with Crippen molar-refractivity contribution in [2.75, 3.05) is 30.8 Å². The number of aliphatic hydroxyl groups excluding tert-OH is 1. The lowest BCUT2D eigenvalue weighted by molar-refractivity contribution is -0.149. The van der Waals surface area contributed by atoms with E-state index >= 15 is 4.39 Å². The van der Waals surface area contributed by atoms with E-state index in [4.69, 9.17) is 24.3 Å². The van der Waals surface area contributed by atoms with E-state index in [0.717, 1.165) is 6.42 Å². The number of nitrogens with two attached hydrogens (primary N) is 1. The van der Waals surface area contributed by atoms with E-state index in [1.54, 1.807) is 44.2 Å². The van der Waals surface area contributed by atoms with Crippen LogP contribution in [-0.4, -0.2) is 80.8 Å². The number of imidazole rings is 1. The summed E-state index contributed by atoms with van der Waals surface area (Å²) in [5.41, 5.74) is 4.21. The Morgan fingerprint density at radius 1 is 1.30 bits per heavy atom. The highest BCUT2D eigenvalue weighted by Gasteiger charge is 2.56. The van der Waals surface area contributed by atoms with E-state index in [-0.39, 0.29) is 17.3 Å². The van der Waals surface area contributed by atoms with Gasteiger partial charge in [-0.2, -0.15) is 15.1 Å². The summed E-state index contributed by atoms with van der Waals surface area (Å²) in [7, 11) is -2.46. The largest absolute Gasteiger partial charge is 0.462 e. The smallest absolute Gasteiger partial charge is 0.459 e. The van der Waals surface area contributed by atoms with Gasteiger partial charge in [-0.1, -0.05) is 25.1 Å². The number of para-hydroxylation sites is 1. The van der Waals surface area contributed by atoms with Gasteiger partial charge in [0.15, 0.2) is 28.9 Å². The number of nitrogens with zero attached hydrogens (tertiary/aromatic N) is 5. The number of hydrogen-bond donors (Lipinski definition) is 3. The van der Waals surface area contributed by atoms with E-state index in [0.29, 0.717) is 17.9 Å². The lowest BCUT2D eigenvalue weighted by atomic mass is 9.98. The van der Waals surface area contributed by atoms with Gasteiger partial charge in [-0.05, 0) is 46.2 Å². The number of nitrogens with one attached hydrogen (secondary N) is 1. The molecule has 0 amide bonds. The van der Waals surface area contributed by atoms with E-state index in [1.807, 2.05) is 18.9 Å². The second-order valence-corrected chi connectivity index (χ2v) is 12.5. The Kier molecular flexibility index (Phi) is 9.92. The minimum atomic E-state index is -4.29. The molecule has 43 heavy (non-hydrogen) atoms. The number of nitrogen functional groups attached to an aromatic ring is 1. The van der Waals surface area contributed by atoms with Crippen molar-refractivity contribution < 1.29 is 37.4 Å². The number of carbonyl (C=O) groups excluding carboxylic acids is 1. The van der Waals surface area contributed by atoms with Crippen molar-refractivity contribution in [3.05, 3.63) is 36.7 Å². The number of fused-ring (bicyclic) bond motifs is 1. The average molecular weight is 624 g/mol. The maximum absolute atomic E-state index is 16.2. The first-order valence-corrected chi connectivity index (χ1v) is 15.5. The maximum atomic E-state index is 16.2. The molecule has 1 fully saturated rings. The normalized spacial score (nSPS) is 24.2. The van der Waals surface area contributed by atoms with Crippen LogP contribution >= 0.6 is 7.75 Å². The summed E-state index contributed by atoms with van der Waals surface area (Å²) in [6.45, 7) is 8.09. The molecule has 0 bridgehead atoms. The number of anilines is 2. The predicted octanol–water partition coefficient (Wildman–Crippen LogP) is 3.37. The minimum absolute atomic E-state index is 0.0404. The summed E-state index contributed by atoms with van der Waals surface area (Å²) in [6.07, 6.45) is -2.64. The van der Waals surface area contributed by atoms with Gasteiger partial charge in [-0.25, -0.2) is 13.9 Å². The molecule has 6 atom stereocenters. The van der Waals surface area contributed by atoms with Crippen LogP contribution < -0.4 is 20.2 Å². The molecule has 2 unspecified atom stereocenters. The molecule has 0 aliphatic carbocycles. The number of alkyl halides is 1. The standard InChI is InChI=1S/C27H39FN7O7P/c1-7-13-34(6)22-20-23(32-26(29)31-22)35(15-30-20)25-27(5,28)21(36)19(41-25)14-39-43(38,42-18-11-9-8-10-12-18)33-17(4)24(37)40-16(2)3/h8-12,15-17,19,21,25,36H,7,13-14H2,1-6H3,(H,33,38)(H2,29,31,32)/t17-,19?,21+,25+,27+,43?/m0/s1. The summed E-state index contributed by atoms with van der Waals surface area (Å²) >= 11 is 0. The molecule has 1 aromatic carbocycles. The lowest BCUT2D eigenvalue weighted by Crippen LogP contribution is -2.41. The van der Waals surface area contributed by atoms with Crippen LogP contribution in [0.15, 0.2) is 36.7 Å². The number of aromatic nitrogens is 4. The van der Waals surface area contributed by atoms with E-state index in [1.165, 1.54) is 24.7 Å². The predicted molar refractivity (Wildman–Crippen MR) is 157 cm³/mol. The third-order valence-corrected chi connectivity index (χ3v) is 8.39. The third kappa shape index (κ3) is 7.24. The summed E-state index contributed by atoms with van der Waals surface area (Å²) in [5, 5.41) is 13.5. The molecule has 0 radical (unpaired) electrons. The molecule has 1 aliphatic heterocycles. The number of ether oxygens (including phenoxy) is 2. The van der Waals surface area contributed by atoms with Crippen LogP contribution in [0.25, 0.3) is 11.2 Å². The Hall–Kier alpha value is -3.36. The lowest BCUT2D eigenvalue weighted by Gasteiger charge is -2.25. The van der Waals surface area contributed by atoms with Gasteiger partial charge in [0, 0.05) is 13.6 Å². The first kappa shape index (κ1) is 32.6. The van der Waals surface area contributed by atoms with Crippen molar-refractivity contribution in [3.8, 4) is 5.75 Å². The number of rotatable bonds is 13. The SMILES string of the molecule is CCCN(C)c1nc(N)nc2c1ncn2[C@@H]1OC(COP(=O)(N[C@@H](C)C(=O)OC(C)C)Oc2ccccc2)[C@@H](O)[C@@]1(C)F. The van der Waals surface area contributed by atoms with Gasteiger partial charge in [0.25, 0.3) is 0 Å². The molecule has 4 N–H and O–H groups in total. The first-order chi connectivity index (χ1) is 20.3. The Labute approximate surface area is 249 Å². The van der Waals surface area contributed by atoms with Gasteiger partial charge in [0.05, 0.1) is 19.0 Å². The molecule has 1 aliphatic rings. The maximum Gasteiger partial charge on any atom is 0.459 e. The van der Waals surface area contributed by atoms with Gasteiger partial charge in [0.2, 0.25) is 5.95 Å². The highest BCUT2D eigenvalue weighted by molar-refractivity contribution is 7.52. The molecular weight excluding hydrogens is 584 g/mol. The number of aliphatic hydroxyl groups is 1. The van der Waals surface area contributed by atoms with Gasteiger partial charge >= 0.3 is 13.7 Å². The van der Waals surface area contributed by atoms with Crippen LogP contribution in [0.5, 0.6) is 5.75 Å². The quantitative estimate of drug-likeness (QED) is 0.187. The van der Waals surface area contributed by atoms with Crippen LogP contribution in [0.3, 0.4) is 0 Å². The Morgan fingerprint density at radius 2 is 2.00 bits per heavy atom. The fourth-order valence-electron chi connectivity index (χ4n) is 4.65. The zero-order valence-corrected chi connectivity index (χ0v) is 25.9. The molecule has 3 aromatic rings. The van der Waals surface area contributed by atoms with Gasteiger partial charge in [-0.15, -0.1) is 0 Å².